The van der Waals surface area contributed by atoms with Gasteiger partial charge in [0, 0.05) is 18.2 Å². The molecule has 33 heavy (non-hydrogen) atoms. The highest BCUT2D eigenvalue weighted by molar-refractivity contribution is 6.03. The first-order valence-electron chi connectivity index (χ1n) is 12.5. The minimum Gasteiger partial charge on any atom is -0.477 e. The summed E-state index contributed by atoms with van der Waals surface area (Å²) in [6, 6.07) is 0.0646. The van der Waals surface area contributed by atoms with Crippen LogP contribution >= 0.6 is 0 Å². The zero-order valence-corrected chi connectivity index (χ0v) is 20.3. The zero-order valence-electron chi connectivity index (χ0n) is 20.3. The van der Waals surface area contributed by atoms with Crippen molar-refractivity contribution in [2.45, 2.75) is 97.1 Å². The molecular weight excluding hydrogens is 420 g/mol. The number of amides is 3. The standard InChI is InChI=1S/C25H38N4O4/c1-4-32-23-21(18(3)26-24(28-23)33-5-2)16-17-22(30)29(20-14-10-7-11-15-20)25(31)27-19-12-8-6-9-13-19/h16-17,19-20H,4-15H2,1-3H3,(H,27,31). The van der Waals surface area contributed by atoms with Crippen LogP contribution in [0.1, 0.15) is 89.3 Å². The SMILES string of the molecule is CCOc1nc(C)c(C=CC(=O)N(C(=O)NC2CCCCC2)C2CCCCC2)c(OCC)n1. The Hall–Kier alpha value is -2.64. The lowest BCUT2D eigenvalue weighted by Crippen LogP contribution is -2.52. The maximum atomic E-state index is 13.3. The van der Waals surface area contributed by atoms with Gasteiger partial charge in [-0.15, -0.1) is 0 Å². The predicted molar refractivity (Wildman–Crippen MR) is 127 cm³/mol. The quantitative estimate of drug-likeness (QED) is 0.563. The number of nitrogens with zero attached hydrogens (tertiary/aromatic N) is 3. The van der Waals surface area contributed by atoms with Crippen molar-refractivity contribution in [3.05, 3.63) is 17.3 Å². The Morgan fingerprint density at radius 2 is 1.61 bits per heavy atom. The summed E-state index contributed by atoms with van der Waals surface area (Å²) < 4.78 is 11.1. The van der Waals surface area contributed by atoms with Gasteiger partial charge in [-0.1, -0.05) is 38.5 Å². The second-order valence-corrected chi connectivity index (χ2v) is 8.79. The lowest BCUT2D eigenvalue weighted by molar-refractivity contribution is -0.125. The summed E-state index contributed by atoms with van der Waals surface area (Å²) in [4.78, 5) is 36.7. The second kappa shape index (κ2) is 12.6. The fourth-order valence-electron chi connectivity index (χ4n) is 4.67. The molecule has 0 spiro atoms. The number of ether oxygens (including phenoxy) is 2. The van der Waals surface area contributed by atoms with Crippen molar-refractivity contribution in [3.63, 3.8) is 0 Å². The molecule has 0 bridgehead atoms. The van der Waals surface area contributed by atoms with Crippen molar-refractivity contribution in [2.75, 3.05) is 13.2 Å². The second-order valence-electron chi connectivity index (χ2n) is 8.79. The van der Waals surface area contributed by atoms with Crippen LogP contribution < -0.4 is 14.8 Å². The first-order chi connectivity index (χ1) is 16.0. The van der Waals surface area contributed by atoms with Gasteiger partial charge in [-0.3, -0.25) is 9.69 Å². The number of urea groups is 1. The first-order valence-corrected chi connectivity index (χ1v) is 12.5. The third kappa shape index (κ3) is 6.92. The predicted octanol–water partition coefficient (Wildman–Crippen LogP) is 4.80. The number of nitrogens with one attached hydrogen (secondary N) is 1. The van der Waals surface area contributed by atoms with Gasteiger partial charge in [-0.2, -0.15) is 9.97 Å². The van der Waals surface area contributed by atoms with Crippen molar-refractivity contribution < 1.29 is 19.1 Å². The monoisotopic (exact) mass is 458 g/mol. The van der Waals surface area contributed by atoms with E-state index in [1.165, 1.54) is 17.4 Å². The smallest absolute Gasteiger partial charge is 0.324 e. The minimum absolute atomic E-state index is 0.0662. The molecule has 8 nitrogen and oxygen atoms in total. The molecule has 1 heterocycles. The molecule has 3 rings (SSSR count). The average Bonchev–Trinajstić information content (AvgIpc) is 2.80. The number of rotatable bonds is 8. The van der Waals surface area contributed by atoms with Crippen LogP contribution in [0.4, 0.5) is 4.79 Å². The number of carbonyl (C=O) groups is 2. The topological polar surface area (TPSA) is 93.7 Å². The Labute approximate surface area is 197 Å². The molecule has 8 heteroatoms. The third-order valence-corrected chi connectivity index (χ3v) is 6.36. The van der Waals surface area contributed by atoms with E-state index >= 15 is 0 Å². The summed E-state index contributed by atoms with van der Waals surface area (Å²) >= 11 is 0. The number of imide groups is 1. The Morgan fingerprint density at radius 1 is 0.970 bits per heavy atom. The van der Waals surface area contributed by atoms with Crippen molar-refractivity contribution in [1.29, 1.82) is 0 Å². The van der Waals surface area contributed by atoms with E-state index in [0.717, 1.165) is 57.8 Å². The largest absolute Gasteiger partial charge is 0.477 e. The van der Waals surface area contributed by atoms with Gasteiger partial charge in [0.15, 0.2) is 0 Å². The van der Waals surface area contributed by atoms with Gasteiger partial charge in [0.25, 0.3) is 5.91 Å². The number of hydrogen-bond acceptors (Lipinski definition) is 6. The van der Waals surface area contributed by atoms with E-state index < -0.39 is 0 Å². The van der Waals surface area contributed by atoms with E-state index in [0.29, 0.717) is 30.4 Å². The van der Waals surface area contributed by atoms with Crippen LogP contribution in [-0.4, -0.2) is 52.1 Å². The maximum absolute atomic E-state index is 13.3. The fraction of sp³-hybridized carbons (Fsp3) is 0.680. The van der Waals surface area contributed by atoms with Crippen LogP contribution in [0.2, 0.25) is 0 Å². The molecule has 0 aliphatic heterocycles. The van der Waals surface area contributed by atoms with Crippen molar-refractivity contribution in [3.8, 4) is 11.9 Å². The van der Waals surface area contributed by atoms with E-state index in [9.17, 15) is 9.59 Å². The van der Waals surface area contributed by atoms with Gasteiger partial charge in [0.1, 0.15) is 0 Å². The molecule has 1 aromatic heterocycles. The maximum Gasteiger partial charge on any atom is 0.324 e. The Morgan fingerprint density at radius 3 is 2.24 bits per heavy atom. The first kappa shape index (κ1) is 25.0. The summed E-state index contributed by atoms with van der Waals surface area (Å²) in [6.45, 7) is 6.44. The van der Waals surface area contributed by atoms with Crippen LogP contribution in [0.3, 0.4) is 0 Å². The molecule has 0 aromatic carbocycles. The van der Waals surface area contributed by atoms with Gasteiger partial charge < -0.3 is 14.8 Å². The van der Waals surface area contributed by atoms with Crippen LogP contribution in [-0.2, 0) is 4.79 Å². The Balaban J connectivity index is 1.81. The molecule has 3 amide bonds. The molecule has 1 aromatic rings. The molecule has 2 aliphatic rings. The minimum atomic E-state index is -0.314. The lowest BCUT2D eigenvalue weighted by Gasteiger charge is -2.34. The fourth-order valence-corrected chi connectivity index (χ4v) is 4.67. The van der Waals surface area contributed by atoms with Crippen LogP contribution in [0.25, 0.3) is 6.08 Å². The number of hydrogen-bond donors (Lipinski definition) is 1. The highest BCUT2D eigenvalue weighted by Crippen LogP contribution is 2.26. The Bertz CT molecular complexity index is 830. The molecule has 2 aliphatic carbocycles. The van der Waals surface area contributed by atoms with Gasteiger partial charge in [0.2, 0.25) is 5.88 Å². The highest BCUT2D eigenvalue weighted by Gasteiger charge is 2.31. The van der Waals surface area contributed by atoms with Crippen molar-refractivity contribution >= 4 is 18.0 Å². The van der Waals surface area contributed by atoms with Gasteiger partial charge in [0.05, 0.1) is 24.5 Å². The molecule has 0 atom stereocenters. The Kier molecular flexibility index (Phi) is 9.51. The van der Waals surface area contributed by atoms with Gasteiger partial charge >= 0.3 is 12.0 Å². The van der Waals surface area contributed by atoms with E-state index in [2.05, 4.69) is 15.3 Å². The van der Waals surface area contributed by atoms with E-state index in [4.69, 9.17) is 9.47 Å². The van der Waals surface area contributed by atoms with E-state index in [1.807, 2.05) is 20.8 Å². The van der Waals surface area contributed by atoms with Gasteiger partial charge in [-0.25, -0.2) is 4.79 Å². The molecule has 1 N–H and O–H groups in total. The zero-order chi connectivity index (χ0) is 23.6. The lowest BCUT2D eigenvalue weighted by atomic mass is 9.93. The molecule has 0 radical (unpaired) electrons. The van der Waals surface area contributed by atoms with Gasteiger partial charge in [-0.05, 0) is 52.5 Å². The highest BCUT2D eigenvalue weighted by atomic mass is 16.5. The number of aryl methyl sites for hydroxylation is 1. The molecule has 2 saturated carbocycles. The summed E-state index contributed by atoms with van der Waals surface area (Å²) in [6.07, 6.45) is 13.5. The van der Waals surface area contributed by atoms with Crippen molar-refractivity contribution in [2.24, 2.45) is 0 Å². The number of carbonyl (C=O) groups excluding carboxylic acids is 2. The van der Waals surface area contributed by atoms with Crippen LogP contribution in [0, 0.1) is 6.92 Å². The molecule has 0 unspecified atom stereocenters. The summed E-state index contributed by atoms with van der Waals surface area (Å²) in [5, 5.41) is 3.13. The normalized spacial score (nSPS) is 17.7. The van der Waals surface area contributed by atoms with E-state index in [1.54, 1.807) is 6.08 Å². The molecular formula is C25H38N4O4. The van der Waals surface area contributed by atoms with Crippen LogP contribution in [0.15, 0.2) is 6.08 Å². The summed E-state index contributed by atoms with van der Waals surface area (Å²) in [5.74, 6) is 0.0549. The third-order valence-electron chi connectivity index (χ3n) is 6.36. The van der Waals surface area contributed by atoms with Crippen molar-refractivity contribution in [1.82, 2.24) is 20.2 Å². The van der Waals surface area contributed by atoms with Crippen LogP contribution in [0.5, 0.6) is 11.9 Å². The molecule has 182 valence electrons. The van der Waals surface area contributed by atoms with E-state index in [-0.39, 0.29) is 30.0 Å². The number of aromatic nitrogens is 2. The average molecular weight is 459 g/mol. The summed E-state index contributed by atoms with van der Waals surface area (Å²) in [5.41, 5.74) is 1.27. The molecule has 2 fully saturated rings. The summed E-state index contributed by atoms with van der Waals surface area (Å²) in [7, 11) is 0. The molecule has 0 saturated heterocycles.